The van der Waals surface area contributed by atoms with Gasteiger partial charge in [-0.2, -0.15) is 5.10 Å². The van der Waals surface area contributed by atoms with E-state index in [2.05, 4.69) is 10.5 Å². The van der Waals surface area contributed by atoms with Crippen LogP contribution >= 0.6 is 11.6 Å². The van der Waals surface area contributed by atoms with Gasteiger partial charge in [0.25, 0.3) is 15.9 Å². The Kier molecular flexibility index (Phi) is 8.04. The maximum atomic E-state index is 13.5. The molecule has 0 aliphatic heterocycles. The number of carbonyl (C=O) groups excluding carboxylic acids is 1. The Hall–Kier alpha value is -3.88. The quantitative estimate of drug-likeness (QED) is 0.226. The molecular formula is C29H29ClN4O3S. The van der Waals surface area contributed by atoms with Gasteiger partial charge in [0, 0.05) is 17.0 Å². The predicted molar refractivity (Wildman–Crippen MR) is 153 cm³/mol. The molecule has 7 nitrogen and oxygen atoms in total. The van der Waals surface area contributed by atoms with Crippen molar-refractivity contribution in [1.82, 2.24) is 9.99 Å². The van der Waals surface area contributed by atoms with Gasteiger partial charge in [0.2, 0.25) is 0 Å². The Balaban J connectivity index is 1.56. The number of nitrogens with zero attached hydrogens (tertiary/aromatic N) is 3. The van der Waals surface area contributed by atoms with Crippen LogP contribution in [0.25, 0.3) is 5.69 Å². The average Bonchev–Trinajstić information content (AvgIpc) is 3.15. The van der Waals surface area contributed by atoms with E-state index in [4.69, 9.17) is 11.6 Å². The summed E-state index contributed by atoms with van der Waals surface area (Å²) in [7, 11) is -4.00. The smallest absolute Gasteiger partial charge is 0.264 e. The number of hydrogen-bond acceptors (Lipinski definition) is 4. The molecule has 0 spiro atoms. The Morgan fingerprint density at radius 3 is 2.34 bits per heavy atom. The first kappa shape index (κ1) is 27.2. The number of hydrogen-bond donors (Lipinski definition) is 1. The highest BCUT2D eigenvalue weighted by molar-refractivity contribution is 7.92. The molecule has 0 radical (unpaired) electrons. The molecule has 4 rings (SSSR count). The molecule has 0 saturated heterocycles. The molecule has 0 saturated carbocycles. The summed E-state index contributed by atoms with van der Waals surface area (Å²) in [6.45, 7) is 7.21. The standard InChI is InChI=1S/C29H29ClN4O3S/c1-20-12-14-26(15-13-20)38(36,37)33(25-9-7-8-21(2)16-25)19-29(35)32-31-18-24-17-22(3)34(23(24)4)28-11-6-5-10-27(28)30/h5-18H,19H2,1-4H3,(H,32,35)/b31-18-. The van der Waals surface area contributed by atoms with E-state index >= 15 is 0 Å². The number of sulfonamides is 1. The van der Waals surface area contributed by atoms with Gasteiger partial charge in [-0.1, -0.05) is 53.6 Å². The largest absolute Gasteiger partial charge is 0.316 e. The fourth-order valence-corrected chi connectivity index (χ4v) is 5.83. The lowest BCUT2D eigenvalue weighted by molar-refractivity contribution is -0.119. The second-order valence-electron chi connectivity index (χ2n) is 9.07. The number of aryl methyl sites for hydroxylation is 3. The van der Waals surface area contributed by atoms with Crippen LogP contribution in [0.5, 0.6) is 0 Å². The maximum Gasteiger partial charge on any atom is 0.264 e. The number of carbonyl (C=O) groups is 1. The number of benzene rings is 3. The number of amides is 1. The predicted octanol–water partition coefficient (Wildman–Crippen LogP) is 5.71. The van der Waals surface area contributed by atoms with E-state index in [-0.39, 0.29) is 4.90 Å². The molecule has 3 aromatic carbocycles. The van der Waals surface area contributed by atoms with Gasteiger partial charge >= 0.3 is 0 Å². The minimum atomic E-state index is -4.00. The summed E-state index contributed by atoms with van der Waals surface area (Å²) in [5.74, 6) is -0.571. The van der Waals surface area contributed by atoms with E-state index in [9.17, 15) is 13.2 Å². The first-order valence-electron chi connectivity index (χ1n) is 12.0. The third-order valence-electron chi connectivity index (χ3n) is 6.14. The SMILES string of the molecule is Cc1ccc(S(=O)(=O)N(CC(=O)N/N=C\c2cc(C)n(-c3ccccc3Cl)c2C)c2cccc(C)c2)cc1. The number of halogens is 1. The van der Waals surface area contributed by atoms with Crippen LogP contribution in [0.4, 0.5) is 5.69 Å². The van der Waals surface area contributed by atoms with Crippen molar-refractivity contribution in [3.05, 3.63) is 112 Å². The number of aromatic nitrogens is 1. The maximum absolute atomic E-state index is 13.5. The van der Waals surface area contributed by atoms with E-state index in [1.807, 2.05) is 68.7 Å². The number of rotatable bonds is 8. The van der Waals surface area contributed by atoms with Crippen molar-refractivity contribution < 1.29 is 13.2 Å². The molecule has 0 bridgehead atoms. The molecule has 0 fully saturated rings. The van der Waals surface area contributed by atoms with Crippen LogP contribution in [0, 0.1) is 27.7 Å². The van der Waals surface area contributed by atoms with Crippen LogP contribution in [0.2, 0.25) is 5.02 Å². The highest BCUT2D eigenvalue weighted by Crippen LogP contribution is 2.26. The van der Waals surface area contributed by atoms with Crippen LogP contribution in [0.1, 0.15) is 28.1 Å². The summed E-state index contributed by atoms with van der Waals surface area (Å²) in [5, 5.41) is 4.73. The van der Waals surface area contributed by atoms with Gasteiger partial charge in [-0.15, -0.1) is 0 Å². The number of hydrazone groups is 1. The summed E-state index contributed by atoms with van der Waals surface area (Å²) in [6.07, 6.45) is 1.54. The lowest BCUT2D eigenvalue weighted by Gasteiger charge is -2.24. The topological polar surface area (TPSA) is 83.8 Å². The molecule has 1 aromatic heterocycles. The van der Waals surface area contributed by atoms with Crippen molar-refractivity contribution >= 4 is 39.4 Å². The minimum absolute atomic E-state index is 0.105. The van der Waals surface area contributed by atoms with Gasteiger partial charge in [-0.3, -0.25) is 9.10 Å². The molecule has 196 valence electrons. The van der Waals surface area contributed by atoms with E-state index in [1.165, 1.54) is 12.1 Å². The monoisotopic (exact) mass is 548 g/mol. The normalized spacial score (nSPS) is 11.6. The average molecular weight is 549 g/mol. The molecule has 38 heavy (non-hydrogen) atoms. The van der Waals surface area contributed by atoms with E-state index in [0.29, 0.717) is 10.7 Å². The zero-order valence-corrected chi connectivity index (χ0v) is 23.2. The minimum Gasteiger partial charge on any atom is -0.316 e. The Labute approximate surface area is 228 Å². The molecule has 9 heteroatoms. The van der Waals surface area contributed by atoms with Crippen LogP contribution < -0.4 is 9.73 Å². The molecule has 1 N–H and O–H groups in total. The van der Waals surface area contributed by atoms with Crippen molar-refractivity contribution in [3.8, 4) is 5.69 Å². The van der Waals surface area contributed by atoms with E-state index in [1.54, 1.807) is 36.5 Å². The fourth-order valence-electron chi connectivity index (χ4n) is 4.20. The van der Waals surface area contributed by atoms with Crippen molar-refractivity contribution in [2.45, 2.75) is 32.6 Å². The van der Waals surface area contributed by atoms with Crippen LogP contribution in [0.15, 0.2) is 88.9 Å². The Morgan fingerprint density at radius 2 is 1.66 bits per heavy atom. The first-order valence-corrected chi connectivity index (χ1v) is 13.8. The summed E-state index contributed by atoms with van der Waals surface area (Å²) < 4.78 is 30.2. The van der Waals surface area contributed by atoms with Gasteiger partial charge in [0.15, 0.2) is 0 Å². The van der Waals surface area contributed by atoms with Crippen molar-refractivity contribution in [2.75, 3.05) is 10.8 Å². The highest BCUT2D eigenvalue weighted by atomic mass is 35.5. The van der Waals surface area contributed by atoms with Crippen molar-refractivity contribution in [3.63, 3.8) is 0 Å². The van der Waals surface area contributed by atoms with E-state index in [0.717, 1.165) is 38.1 Å². The molecule has 0 atom stereocenters. The third-order valence-corrected chi connectivity index (χ3v) is 8.25. The fraction of sp³-hybridized carbons (Fsp3) is 0.172. The number of nitrogens with one attached hydrogen (secondary N) is 1. The molecular weight excluding hydrogens is 520 g/mol. The summed E-state index contributed by atoms with van der Waals surface area (Å²) in [4.78, 5) is 13.0. The second kappa shape index (κ2) is 11.2. The molecule has 0 aliphatic carbocycles. The van der Waals surface area contributed by atoms with Crippen LogP contribution in [-0.2, 0) is 14.8 Å². The van der Waals surface area contributed by atoms with Gasteiger partial charge in [-0.25, -0.2) is 13.8 Å². The van der Waals surface area contributed by atoms with Gasteiger partial charge in [0.05, 0.1) is 27.5 Å². The third kappa shape index (κ3) is 5.82. The Morgan fingerprint density at radius 1 is 0.947 bits per heavy atom. The highest BCUT2D eigenvalue weighted by Gasteiger charge is 2.27. The summed E-state index contributed by atoms with van der Waals surface area (Å²) >= 11 is 6.39. The van der Waals surface area contributed by atoms with Gasteiger partial charge in [0.1, 0.15) is 6.54 Å². The van der Waals surface area contributed by atoms with Gasteiger partial charge in [-0.05, 0) is 75.7 Å². The molecule has 0 unspecified atom stereocenters. The molecule has 1 amide bonds. The lowest BCUT2D eigenvalue weighted by Crippen LogP contribution is -2.39. The summed E-state index contributed by atoms with van der Waals surface area (Å²) in [6, 6.07) is 23.0. The summed E-state index contributed by atoms with van der Waals surface area (Å²) in [5.41, 5.74) is 8.19. The molecule has 1 heterocycles. The van der Waals surface area contributed by atoms with Crippen molar-refractivity contribution in [1.29, 1.82) is 0 Å². The molecule has 0 aliphatic rings. The zero-order chi connectivity index (χ0) is 27.4. The molecule has 4 aromatic rings. The number of para-hydroxylation sites is 1. The number of anilines is 1. The van der Waals surface area contributed by atoms with Gasteiger partial charge < -0.3 is 4.57 Å². The Bertz CT molecular complexity index is 1610. The van der Waals surface area contributed by atoms with Crippen molar-refractivity contribution in [2.24, 2.45) is 5.10 Å². The second-order valence-corrected chi connectivity index (χ2v) is 11.3. The van der Waals surface area contributed by atoms with Crippen LogP contribution in [0.3, 0.4) is 0 Å². The zero-order valence-electron chi connectivity index (χ0n) is 21.6. The lowest BCUT2D eigenvalue weighted by atomic mass is 10.2. The first-order chi connectivity index (χ1) is 18.1. The van der Waals surface area contributed by atoms with Crippen LogP contribution in [-0.4, -0.2) is 31.7 Å². The van der Waals surface area contributed by atoms with E-state index < -0.39 is 22.5 Å².